The number of aliphatic hydroxyl groups is 1. The Labute approximate surface area is 180 Å². The van der Waals surface area contributed by atoms with Gasteiger partial charge in [-0.2, -0.15) is 0 Å². The third-order valence-corrected chi connectivity index (χ3v) is 8.70. The van der Waals surface area contributed by atoms with Gasteiger partial charge >= 0.3 is 0 Å². The lowest BCUT2D eigenvalue weighted by molar-refractivity contribution is -0.114. The van der Waals surface area contributed by atoms with E-state index in [1.54, 1.807) is 5.57 Å². The highest BCUT2D eigenvalue weighted by atomic mass is 16.3. The Balaban J connectivity index is 1.69. The van der Waals surface area contributed by atoms with Crippen molar-refractivity contribution in [3.8, 4) is 11.8 Å². The largest absolute Gasteiger partial charge is 0.377 e. The summed E-state index contributed by atoms with van der Waals surface area (Å²) in [6, 6.07) is 8.97. The molecular formula is C28H32O2. The predicted octanol–water partition coefficient (Wildman–Crippen LogP) is 5.65. The van der Waals surface area contributed by atoms with Gasteiger partial charge in [0.2, 0.25) is 0 Å². The van der Waals surface area contributed by atoms with Gasteiger partial charge in [-0.25, -0.2) is 0 Å². The van der Waals surface area contributed by atoms with Crippen molar-refractivity contribution in [3.05, 3.63) is 58.2 Å². The van der Waals surface area contributed by atoms with Crippen molar-refractivity contribution in [1.82, 2.24) is 0 Å². The standard InChI is InChI=1S/C28H32O2/c1-4-14-28(30)15-13-25-23-11-9-20-16-21(29)10-12-22(20)26(23)24(17-27(25,28)3)19-7-5-18(2)6-8-19/h5-8,16,23-25,30H,9-13,15,17H2,1-3H3. The van der Waals surface area contributed by atoms with E-state index in [0.29, 0.717) is 24.2 Å². The van der Waals surface area contributed by atoms with Crippen LogP contribution in [0, 0.1) is 36.0 Å². The van der Waals surface area contributed by atoms with Crippen molar-refractivity contribution < 1.29 is 9.90 Å². The Morgan fingerprint density at radius 2 is 1.87 bits per heavy atom. The number of allylic oxidation sites excluding steroid dienone is 4. The monoisotopic (exact) mass is 400 g/mol. The molecule has 0 bridgehead atoms. The number of fused-ring (bicyclic) bond motifs is 4. The predicted molar refractivity (Wildman–Crippen MR) is 120 cm³/mol. The molecule has 5 unspecified atom stereocenters. The van der Waals surface area contributed by atoms with Crippen molar-refractivity contribution in [2.45, 2.75) is 77.2 Å². The number of benzene rings is 1. The Morgan fingerprint density at radius 3 is 2.60 bits per heavy atom. The summed E-state index contributed by atoms with van der Waals surface area (Å²) in [7, 11) is 0. The van der Waals surface area contributed by atoms with Gasteiger partial charge in [-0.3, -0.25) is 4.79 Å². The summed E-state index contributed by atoms with van der Waals surface area (Å²) in [4.78, 5) is 12.1. The second kappa shape index (κ2) is 6.96. The van der Waals surface area contributed by atoms with Crippen LogP contribution in [0.1, 0.15) is 75.8 Å². The number of carbonyl (C=O) groups excluding carboxylic acids is 1. The molecule has 0 heterocycles. The van der Waals surface area contributed by atoms with E-state index in [1.807, 2.05) is 13.0 Å². The van der Waals surface area contributed by atoms with Crippen molar-refractivity contribution in [2.75, 3.05) is 0 Å². The van der Waals surface area contributed by atoms with Gasteiger partial charge in [-0.15, -0.1) is 5.92 Å². The van der Waals surface area contributed by atoms with E-state index in [-0.39, 0.29) is 11.2 Å². The molecule has 0 aromatic heterocycles. The zero-order valence-corrected chi connectivity index (χ0v) is 18.4. The first-order chi connectivity index (χ1) is 14.4. The highest BCUT2D eigenvalue weighted by Crippen LogP contribution is 2.66. The highest BCUT2D eigenvalue weighted by Gasteiger charge is 2.62. The SMILES string of the molecule is CC#CC1(O)CCC2C3CCC4=CC(=O)CCC4=C3C(c3ccc(C)cc3)CC21C. The third kappa shape index (κ3) is 2.78. The van der Waals surface area contributed by atoms with Crippen LogP contribution in [-0.4, -0.2) is 16.5 Å². The second-order valence-electron chi connectivity index (χ2n) is 10.2. The van der Waals surface area contributed by atoms with Crippen molar-refractivity contribution >= 4 is 5.78 Å². The smallest absolute Gasteiger partial charge is 0.156 e. The lowest BCUT2D eigenvalue weighted by Crippen LogP contribution is -2.51. The van der Waals surface area contributed by atoms with E-state index in [0.717, 1.165) is 38.5 Å². The summed E-state index contributed by atoms with van der Waals surface area (Å²) in [6.07, 6.45) is 8.30. The van der Waals surface area contributed by atoms with Gasteiger partial charge in [0.25, 0.3) is 0 Å². The summed E-state index contributed by atoms with van der Waals surface area (Å²) in [5, 5.41) is 11.7. The van der Waals surface area contributed by atoms with Crippen molar-refractivity contribution in [2.24, 2.45) is 17.3 Å². The fourth-order valence-corrected chi connectivity index (χ4v) is 7.18. The molecule has 1 aromatic rings. The molecule has 2 fully saturated rings. The zero-order valence-electron chi connectivity index (χ0n) is 18.4. The molecular weight excluding hydrogens is 368 g/mol. The number of hydrogen-bond donors (Lipinski definition) is 1. The summed E-state index contributed by atoms with van der Waals surface area (Å²) in [5.41, 5.74) is 5.87. The summed E-state index contributed by atoms with van der Waals surface area (Å²) >= 11 is 0. The van der Waals surface area contributed by atoms with E-state index in [9.17, 15) is 9.90 Å². The normalized spacial score (nSPS) is 37.5. The van der Waals surface area contributed by atoms with Crippen LogP contribution in [0.4, 0.5) is 0 Å². The van der Waals surface area contributed by atoms with Crippen molar-refractivity contribution in [3.63, 3.8) is 0 Å². The summed E-state index contributed by atoms with van der Waals surface area (Å²) in [6.45, 7) is 6.28. The van der Waals surface area contributed by atoms with Gasteiger partial charge in [0.1, 0.15) is 5.60 Å². The van der Waals surface area contributed by atoms with Gasteiger partial charge in [0, 0.05) is 17.8 Å². The Morgan fingerprint density at radius 1 is 1.10 bits per heavy atom. The average molecular weight is 401 g/mol. The van der Waals surface area contributed by atoms with E-state index < -0.39 is 5.60 Å². The van der Waals surface area contributed by atoms with E-state index >= 15 is 0 Å². The Kier molecular flexibility index (Phi) is 4.60. The fourth-order valence-electron chi connectivity index (χ4n) is 7.18. The van der Waals surface area contributed by atoms with Crippen LogP contribution in [0.15, 0.2) is 47.1 Å². The molecule has 5 atom stereocenters. The van der Waals surface area contributed by atoms with Gasteiger partial charge < -0.3 is 5.11 Å². The molecule has 2 nitrogen and oxygen atoms in total. The van der Waals surface area contributed by atoms with Gasteiger partial charge in [-0.05, 0) is 87.0 Å². The first-order valence-corrected chi connectivity index (χ1v) is 11.6. The minimum Gasteiger partial charge on any atom is -0.377 e. The first kappa shape index (κ1) is 19.8. The Hall–Kier alpha value is -2.11. The van der Waals surface area contributed by atoms with Crippen molar-refractivity contribution in [1.29, 1.82) is 0 Å². The quantitative estimate of drug-likeness (QED) is 0.619. The van der Waals surface area contributed by atoms with Crippen LogP contribution in [0.2, 0.25) is 0 Å². The number of rotatable bonds is 1. The summed E-state index contributed by atoms with van der Waals surface area (Å²) < 4.78 is 0. The molecule has 0 radical (unpaired) electrons. The second-order valence-corrected chi connectivity index (χ2v) is 10.2. The maximum Gasteiger partial charge on any atom is 0.156 e. The molecule has 0 aliphatic heterocycles. The number of carbonyl (C=O) groups is 1. The summed E-state index contributed by atoms with van der Waals surface area (Å²) in [5.74, 6) is 7.80. The van der Waals surface area contributed by atoms with Crippen LogP contribution in [-0.2, 0) is 4.79 Å². The van der Waals surface area contributed by atoms with Crippen LogP contribution in [0.25, 0.3) is 0 Å². The minimum absolute atomic E-state index is 0.202. The van der Waals surface area contributed by atoms with E-state index in [2.05, 4.69) is 50.0 Å². The fraction of sp³-hybridized carbons (Fsp3) is 0.536. The maximum atomic E-state index is 12.1. The topological polar surface area (TPSA) is 37.3 Å². The zero-order chi connectivity index (χ0) is 21.1. The molecule has 5 rings (SSSR count). The lowest BCUT2D eigenvalue weighted by atomic mass is 9.51. The number of hydrogen-bond acceptors (Lipinski definition) is 2. The molecule has 1 aromatic carbocycles. The average Bonchev–Trinajstić information content (AvgIpc) is 2.98. The maximum absolute atomic E-state index is 12.1. The molecule has 0 saturated heterocycles. The molecule has 4 aliphatic rings. The first-order valence-electron chi connectivity index (χ1n) is 11.6. The van der Waals surface area contributed by atoms with Crippen LogP contribution in [0.3, 0.4) is 0 Å². The highest BCUT2D eigenvalue weighted by molar-refractivity contribution is 5.93. The molecule has 1 N–H and O–H groups in total. The number of ketones is 1. The molecule has 4 aliphatic carbocycles. The van der Waals surface area contributed by atoms with Crippen LogP contribution < -0.4 is 0 Å². The molecule has 30 heavy (non-hydrogen) atoms. The van der Waals surface area contributed by atoms with Gasteiger partial charge in [0.15, 0.2) is 5.78 Å². The Bertz CT molecular complexity index is 1010. The van der Waals surface area contributed by atoms with E-state index in [4.69, 9.17) is 0 Å². The minimum atomic E-state index is -0.899. The lowest BCUT2D eigenvalue weighted by Gasteiger charge is -2.53. The van der Waals surface area contributed by atoms with E-state index in [1.165, 1.54) is 22.3 Å². The van der Waals surface area contributed by atoms with Crippen LogP contribution in [0.5, 0.6) is 0 Å². The molecule has 2 heteroatoms. The van der Waals surface area contributed by atoms with Crippen LogP contribution >= 0.6 is 0 Å². The number of aryl methyl sites for hydroxylation is 1. The molecule has 0 amide bonds. The van der Waals surface area contributed by atoms with Gasteiger partial charge in [-0.1, -0.05) is 48.2 Å². The molecule has 156 valence electrons. The third-order valence-electron chi connectivity index (χ3n) is 8.70. The van der Waals surface area contributed by atoms with Gasteiger partial charge in [0.05, 0.1) is 0 Å². The molecule has 0 spiro atoms. The molecule has 2 saturated carbocycles.